The molecule has 4 saturated carbocycles. The molecule has 6 heterocycles. The van der Waals surface area contributed by atoms with Crippen LogP contribution in [-0.2, 0) is 66.4 Å². The highest BCUT2D eigenvalue weighted by atomic mass is 16.8. The zero-order chi connectivity index (χ0) is 70.2. The van der Waals surface area contributed by atoms with Gasteiger partial charge in [-0.1, -0.05) is 46.3 Å². The van der Waals surface area contributed by atoms with E-state index < -0.39 is 279 Å². The summed E-state index contributed by atoms with van der Waals surface area (Å²) in [5, 5.41) is 210. The molecule has 2 unspecified atom stereocenters. The van der Waals surface area contributed by atoms with Gasteiger partial charge < -0.3 is 154 Å². The number of aliphatic hydroxyl groups is 18. The van der Waals surface area contributed by atoms with Gasteiger partial charge in [-0.25, -0.2) is 0 Å². The van der Waals surface area contributed by atoms with Gasteiger partial charge in [-0.2, -0.15) is 0 Å². The summed E-state index contributed by atoms with van der Waals surface area (Å²) < 4.78 is 71.1. The lowest BCUT2D eigenvalue weighted by Gasteiger charge is -2.71. The molecule has 0 aromatic carbocycles. The average molecular weight is 1390 g/mol. The molecular weight excluding hydrogens is 1280 g/mol. The molecule has 0 aromatic rings. The minimum atomic E-state index is -2.21. The molecule has 6 aliphatic heterocycles. The van der Waals surface area contributed by atoms with Gasteiger partial charge in [-0.15, -0.1) is 0 Å². The molecule has 0 aromatic heterocycles. The Hall–Kier alpha value is -2.48. The van der Waals surface area contributed by atoms with E-state index in [1.165, 1.54) is 13.8 Å². The van der Waals surface area contributed by atoms with Gasteiger partial charge in [0, 0.05) is 0 Å². The van der Waals surface area contributed by atoms with Crippen LogP contribution >= 0.6 is 0 Å². The Kier molecular flexibility index (Phi) is 21.2. The molecule has 19 N–H and O–H groups in total. The van der Waals surface area contributed by atoms with Crippen molar-refractivity contribution in [2.24, 2.45) is 50.2 Å². The van der Waals surface area contributed by atoms with Crippen LogP contribution in [0.5, 0.6) is 0 Å². The molecule has 96 heavy (non-hydrogen) atoms. The zero-order valence-corrected chi connectivity index (χ0v) is 54.6. The first-order valence-electron chi connectivity index (χ1n) is 33.2. The molecule has 0 radical (unpaired) electrons. The van der Waals surface area contributed by atoms with E-state index >= 15 is 4.79 Å². The SMILES string of the molecule is C[C@@H]1O[C@@H](O[C@H]2[C@H](OC(=O)[C@]34CCC(C)(C)C[C@H]3C3=CCC5[C@@]6(C)C[C@H](O)[C@H](O[C@@H]7O[C@H](CO)[C@@H](O)[C@H](O[C@@H]8O[C@H](CO)[C@@H](O)[C@H](O)[C@H]8O)[C@H]7O)[C@@](C)(C(=O)O)C6CC[C@@]5(C)[C@]3(C)C[C@H]4O)OC[C@H](O)[C@@H]2O)[C@H](O)[C@H](O[C@@H]2OC[C@](O)(CO)[C@H]2O)[C@H]1O[C@@H]1OC[C@@H](O)[C@H](O)[C@H]1O. The fraction of sp³-hybridized carbons (Fsp3) is 0.937. The van der Waals surface area contributed by atoms with Crippen molar-refractivity contribution in [1.29, 1.82) is 0 Å². The van der Waals surface area contributed by atoms with Crippen LogP contribution in [0.25, 0.3) is 0 Å². The maximum Gasteiger partial charge on any atom is 0.317 e. The van der Waals surface area contributed by atoms with Gasteiger partial charge in [0.15, 0.2) is 37.6 Å². The van der Waals surface area contributed by atoms with E-state index in [-0.39, 0.29) is 25.7 Å². The first-order valence-corrected chi connectivity index (χ1v) is 33.2. The topological polar surface area (TPSA) is 529 Å². The normalized spacial score (nSPS) is 55.0. The van der Waals surface area contributed by atoms with Crippen molar-refractivity contribution in [3.05, 3.63) is 11.6 Å². The largest absolute Gasteiger partial charge is 0.481 e. The van der Waals surface area contributed by atoms with E-state index in [0.29, 0.717) is 25.7 Å². The van der Waals surface area contributed by atoms with Crippen molar-refractivity contribution in [3.8, 4) is 0 Å². The van der Waals surface area contributed by atoms with Crippen LogP contribution in [0.1, 0.15) is 99.8 Å². The Labute approximate surface area is 552 Å². The maximum atomic E-state index is 15.7. The molecule has 37 atom stereocenters. The molecule has 6 saturated heterocycles. The quantitative estimate of drug-likeness (QED) is 0.0388. The number of hydrogen-bond acceptors (Lipinski definition) is 32. The number of fused-ring (bicyclic) bond motifs is 7. The Morgan fingerprint density at radius 1 is 0.552 bits per heavy atom. The number of allylic oxidation sites excluding steroid dienone is 2. The van der Waals surface area contributed by atoms with Crippen LogP contribution in [0.15, 0.2) is 11.6 Å². The second-order valence-corrected chi connectivity index (χ2v) is 30.7. The predicted octanol–water partition coefficient (Wildman–Crippen LogP) is -6.43. The second-order valence-electron chi connectivity index (χ2n) is 30.7. The molecule has 11 rings (SSSR count). The number of rotatable bonds is 16. The fourth-order valence-electron chi connectivity index (χ4n) is 18.8. The van der Waals surface area contributed by atoms with E-state index in [9.17, 15) is 102 Å². The molecule has 0 spiro atoms. The third-order valence-electron chi connectivity index (χ3n) is 24.7. The summed E-state index contributed by atoms with van der Waals surface area (Å²) >= 11 is 0. The van der Waals surface area contributed by atoms with E-state index in [1.807, 2.05) is 27.7 Å². The van der Waals surface area contributed by atoms with Crippen molar-refractivity contribution in [2.75, 3.05) is 39.6 Å². The van der Waals surface area contributed by atoms with Crippen molar-refractivity contribution in [1.82, 2.24) is 0 Å². The first-order chi connectivity index (χ1) is 44.9. The van der Waals surface area contributed by atoms with Gasteiger partial charge in [-0.05, 0) is 105 Å². The zero-order valence-electron chi connectivity index (χ0n) is 54.6. The smallest absolute Gasteiger partial charge is 0.317 e. The summed E-state index contributed by atoms with van der Waals surface area (Å²) in [5.41, 5.74) is -8.12. The van der Waals surface area contributed by atoms with Gasteiger partial charge >= 0.3 is 11.9 Å². The van der Waals surface area contributed by atoms with Crippen molar-refractivity contribution in [3.63, 3.8) is 0 Å². The minimum Gasteiger partial charge on any atom is -0.481 e. The van der Waals surface area contributed by atoms with Gasteiger partial charge in [0.2, 0.25) is 6.29 Å². The van der Waals surface area contributed by atoms with Gasteiger partial charge in [0.25, 0.3) is 0 Å². The number of esters is 1. The summed E-state index contributed by atoms with van der Waals surface area (Å²) in [7, 11) is 0. The van der Waals surface area contributed by atoms with Crippen LogP contribution < -0.4 is 0 Å². The molecule has 11 aliphatic rings. The van der Waals surface area contributed by atoms with Crippen LogP contribution in [0.3, 0.4) is 0 Å². The summed E-state index contributed by atoms with van der Waals surface area (Å²) in [5.74, 6) is -4.18. The number of aliphatic hydroxyl groups excluding tert-OH is 17. The number of carboxylic acids is 1. The van der Waals surface area contributed by atoms with Crippen LogP contribution in [-0.4, -0.2) is 326 Å². The van der Waals surface area contributed by atoms with Crippen molar-refractivity contribution < 1.29 is 163 Å². The summed E-state index contributed by atoms with van der Waals surface area (Å²) in [6.07, 6.45) is -45.3. The number of carboxylic acid groups (broad SMARTS) is 1. The molecule has 0 bridgehead atoms. The van der Waals surface area contributed by atoms with Crippen LogP contribution in [0, 0.1) is 50.2 Å². The van der Waals surface area contributed by atoms with Gasteiger partial charge in [-0.3, -0.25) is 9.59 Å². The number of ether oxygens (including phenoxy) is 12. The average Bonchev–Trinajstić information content (AvgIpc) is 0.736. The lowest BCUT2D eigenvalue weighted by molar-refractivity contribution is -0.381. The molecule has 10 fully saturated rings. The first kappa shape index (κ1) is 74.7. The van der Waals surface area contributed by atoms with E-state index in [1.54, 1.807) is 0 Å². The van der Waals surface area contributed by atoms with E-state index in [4.69, 9.17) is 56.8 Å². The maximum absolute atomic E-state index is 15.7. The molecule has 550 valence electrons. The standard InChI is InChI=1S/C63H100O33/c1-23-43(91-49-39(76)34(71)27(68)19-85-49)45(93-54-47(80)62(84,21-66)22-87-54)42(79)51(88-23)94-46-35(72)28(69)20-86-53(46)96-56(83)63-13-12-57(2,3)14-25(63)24-8-9-31-58(4)15-26(67)48(61(7,55(81)82)32(58)10-11-59(31,5)60(24,6)16-33(63)70)95-52-41(78)44(37(74)30(18-65)90-52)92-50-40(77)38(75)36(73)29(17-64)89-50/h8,23,25-54,64-80,84H,9-22H2,1-7H3,(H,81,82)/t23-,25-,26-,27+,28-,29+,30+,31?,32?,33+,34-,35-,36+,37+,38-,39+,40+,41+,42+,43-,44-,45-,46+,47-,48-,49-,50-,51-,52-,53-,54-,58+,59+,60+,61-,62+,63+/m0/s1. The third kappa shape index (κ3) is 12.1. The predicted molar refractivity (Wildman–Crippen MR) is 313 cm³/mol. The highest BCUT2D eigenvalue weighted by Gasteiger charge is 2.75. The third-order valence-corrected chi connectivity index (χ3v) is 24.7. The second kappa shape index (κ2) is 27.3. The van der Waals surface area contributed by atoms with E-state index in [2.05, 4.69) is 13.0 Å². The Bertz CT molecular complexity index is 2780. The fourth-order valence-corrected chi connectivity index (χ4v) is 18.8. The van der Waals surface area contributed by atoms with Gasteiger partial charge in [0.05, 0.1) is 63.4 Å². The lowest BCUT2D eigenvalue weighted by Crippen LogP contribution is -2.71. The van der Waals surface area contributed by atoms with Crippen molar-refractivity contribution in [2.45, 2.75) is 277 Å². The van der Waals surface area contributed by atoms with Gasteiger partial charge in [0.1, 0.15) is 121 Å². The lowest BCUT2D eigenvalue weighted by atomic mass is 9.33. The Morgan fingerprint density at radius 2 is 1.12 bits per heavy atom. The van der Waals surface area contributed by atoms with Crippen LogP contribution in [0.4, 0.5) is 0 Å². The summed E-state index contributed by atoms with van der Waals surface area (Å²) in [6, 6.07) is 0. The Morgan fingerprint density at radius 3 is 1.76 bits per heavy atom. The summed E-state index contributed by atoms with van der Waals surface area (Å²) in [4.78, 5) is 29.8. The molecule has 5 aliphatic carbocycles. The number of carbonyl (C=O) groups is 2. The molecule has 0 amide bonds. The summed E-state index contributed by atoms with van der Waals surface area (Å²) in [6.45, 7) is 8.59. The highest BCUT2D eigenvalue weighted by Crippen LogP contribution is 2.76. The van der Waals surface area contributed by atoms with Crippen molar-refractivity contribution >= 4 is 11.9 Å². The Balaban J connectivity index is 0.846. The number of aliphatic carboxylic acids is 1. The van der Waals surface area contributed by atoms with E-state index in [0.717, 1.165) is 5.57 Å². The van der Waals surface area contributed by atoms with Crippen LogP contribution in [0.2, 0.25) is 0 Å². The number of hydrogen-bond donors (Lipinski definition) is 19. The minimum absolute atomic E-state index is 0.0147. The molecular formula is C63H100O33. The molecule has 33 nitrogen and oxygen atoms in total. The monoisotopic (exact) mass is 1380 g/mol. The number of carbonyl (C=O) groups excluding carboxylic acids is 1. The molecule has 33 heteroatoms. The highest BCUT2D eigenvalue weighted by molar-refractivity contribution is 5.80.